The van der Waals surface area contributed by atoms with Crippen molar-refractivity contribution < 1.29 is 27.8 Å². The molecule has 7 nitrogen and oxygen atoms in total. The molecule has 2 aromatic carbocycles. The zero-order valence-corrected chi connectivity index (χ0v) is 17.1. The molecule has 0 bridgehead atoms. The molecule has 1 amide bonds. The van der Waals surface area contributed by atoms with Crippen molar-refractivity contribution in [2.45, 2.75) is 32.6 Å². The quantitative estimate of drug-likeness (QED) is 0.581. The number of aliphatic hydroxyl groups excluding tert-OH is 1. The van der Waals surface area contributed by atoms with Crippen LogP contribution in [0.1, 0.15) is 24.2 Å². The highest BCUT2D eigenvalue weighted by Crippen LogP contribution is 2.22. The minimum absolute atomic E-state index is 0.0778. The van der Waals surface area contributed by atoms with Crippen LogP contribution in [0, 0.1) is 5.82 Å². The van der Waals surface area contributed by atoms with Gasteiger partial charge in [-0.05, 0) is 62.4 Å². The van der Waals surface area contributed by atoms with Crippen molar-refractivity contribution in [2.75, 3.05) is 0 Å². The Balaban J connectivity index is 2.12. The molecule has 1 heterocycles. The number of halogens is 3. The SMILES string of the molecule is C[C@H](O)[C@H](C)NC(=O)c1cc(-c2ccc(OC(F)F)cc2)nn(-c2cccc(F)c2)c1=O. The number of aliphatic hydroxyl groups is 1. The zero-order valence-electron chi connectivity index (χ0n) is 17.1. The molecule has 1 aromatic heterocycles. The molecule has 0 fully saturated rings. The Bertz CT molecular complexity index is 1160. The van der Waals surface area contributed by atoms with Crippen LogP contribution in [-0.2, 0) is 0 Å². The minimum Gasteiger partial charge on any atom is -0.435 e. The molecule has 0 radical (unpaired) electrons. The van der Waals surface area contributed by atoms with Crippen molar-refractivity contribution in [2.24, 2.45) is 0 Å². The van der Waals surface area contributed by atoms with Crippen LogP contribution in [0.4, 0.5) is 13.2 Å². The molecule has 2 atom stereocenters. The summed E-state index contributed by atoms with van der Waals surface area (Å²) in [7, 11) is 0. The van der Waals surface area contributed by atoms with E-state index >= 15 is 0 Å². The lowest BCUT2D eigenvalue weighted by atomic mass is 10.1. The largest absolute Gasteiger partial charge is 0.435 e. The first-order valence-electron chi connectivity index (χ1n) is 9.60. The number of rotatable bonds is 7. The molecule has 32 heavy (non-hydrogen) atoms. The summed E-state index contributed by atoms with van der Waals surface area (Å²) >= 11 is 0. The van der Waals surface area contributed by atoms with Crippen molar-refractivity contribution in [3.05, 3.63) is 76.3 Å². The van der Waals surface area contributed by atoms with Crippen LogP contribution in [0.2, 0.25) is 0 Å². The first kappa shape index (κ1) is 23.0. The van der Waals surface area contributed by atoms with Gasteiger partial charge in [0.25, 0.3) is 11.5 Å². The summed E-state index contributed by atoms with van der Waals surface area (Å²) in [5.74, 6) is -1.44. The summed E-state index contributed by atoms with van der Waals surface area (Å²) < 4.78 is 43.7. The van der Waals surface area contributed by atoms with Gasteiger partial charge in [0.1, 0.15) is 17.1 Å². The normalized spacial score (nSPS) is 13.0. The summed E-state index contributed by atoms with van der Waals surface area (Å²) in [4.78, 5) is 25.7. The highest BCUT2D eigenvalue weighted by atomic mass is 19.3. The zero-order chi connectivity index (χ0) is 23.4. The van der Waals surface area contributed by atoms with Crippen molar-refractivity contribution in [3.63, 3.8) is 0 Å². The van der Waals surface area contributed by atoms with Gasteiger partial charge in [0.15, 0.2) is 0 Å². The highest BCUT2D eigenvalue weighted by Gasteiger charge is 2.20. The average Bonchev–Trinajstić information content (AvgIpc) is 2.74. The summed E-state index contributed by atoms with van der Waals surface area (Å²) in [6.07, 6.45) is -0.868. The number of hydrogen-bond donors (Lipinski definition) is 2. The second-order valence-electron chi connectivity index (χ2n) is 7.05. The van der Waals surface area contributed by atoms with Crippen molar-refractivity contribution in [3.8, 4) is 22.7 Å². The monoisotopic (exact) mass is 447 g/mol. The van der Waals surface area contributed by atoms with E-state index in [4.69, 9.17) is 0 Å². The molecular weight excluding hydrogens is 427 g/mol. The van der Waals surface area contributed by atoms with Gasteiger partial charge in [-0.15, -0.1) is 0 Å². The summed E-state index contributed by atoms with van der Waals surface area (Å²) in [6.45, 7) is 0.0640. The van der Waals surface area contributed by atoms with Gasteiger partial charge < -0.3 is 15.2 Å². The second-order valence-corrected chi connectivity index (χ2v) is 7.05. The maximum Gasteiger partial charge on any atom is 0.387 e. The van der Waals surface area contributed by atoms with E-state index in [0.717, 1.165) is 10.7 Å². The van der Waals surface area contributed by atoms with Gasteiger partial charge >= 0.3 is 6.61 Å². The third kappa shape index (κ3) is 5.33. The standard InChI is InChI=1S/C22H20F3N3O4/c1-12(13(2)29)26-20(30)18-11-19(14-6-8-17(9-7-14)32-22(24)25)27-28(21(18)31)16-5-3-4-15(23)10-16/h3-13,22,29H,1-2H3,(H,26,30)/t12-,13-/m0/s1. The Morgan fingerprint density at radius 3 is 2.41 bits per heavy atom. The molecule has 2 N–H and O–H groups in total. The maximum absolute atomic E-state index is 13.8. The third-order valence-electron chi connectivity index (χ3n) is 4.67. The van der Waals surface area contributed by atoms with Gasteiger partial charge in [-0.3, -0.25) is 9.59 Å². The predicted octanol–water partition coefficient (Wildman–Crippen LogP) is 3.14. The number of nitrogens with zero attached hydrogens (tertiary/aromatic N) is 2. The lowest BCUT2D eigenvalue weighted by molar-refractivity contribution is -0.0498. The van der Waals surface area contributed by atoms with Crippen molar-refractivity contribution >= 4 is 5.91 Å². The van der Waals surface area contributed by atoms with Gasteiger partial charge in [0.2, 0.25) is 0 Å². The van der Waals surface area contributed by atoms with Crippen molar-refractivity contribution in [1.82, 2.24) is 15.1 Å². The average molecular weight is 447 g/mol. The van der Waals surface area contributed by atoms with E-state index < -0.39 is 36.0 Å². The Kier molecular flexibility index (Phi) is 6.94. The van der Waals surface area contributed by atoms with Gasteiger partial charge in [0.05, 0.1) is 23.5 Å². The molecule has 0 saturated heterocycles. The molecule has 0 spiro atoms. The number of ether oxygens (including phenoxy) is 1. The fourth-order valence-electron chi connectivity index (χ4n) is 2.79. The molecule has 0 saturated carbocycles. The number of alkyl halides is 2. The number of amides is 1. The molecule has 10 heteroatoms. The smallest absolute Gasteiger partial charge is 0.387 e. The van der Waals surface area contributed by atoms with Crippen molar-refractivity contribution in [1.29, 1.82) is 0 Å². The summed E-state index contributed by atoms with van der Waals surface area (Å²) in [5, 5.41) is 16.4. The van der Waals surface area contributed by atoms with E-state index in [1.54, 1.807) is 6.92 Å². The topological polar surface area (TPSA) is 93.4 Å². The molecule has 0 aliphatic carbocycles. The molecule has 3 aromatic rings. The first-order valence-corrected chi connectivity index (χ1v) is 9.60. The predicted molar refractivity (Wildman–Crippen MR) is 110 cm³/mol. The second kappa shape index (κ2) is 9.65. The van der Waals surface area contributed by atoms with E-state index in [9.17, 15) is 27.9 Å². The maximum atomic E-state index is 13.8. The lowest BCUT2D eigenvalue weighted by Crippen LogP contribution is -2.42. The molecular formula is C22H20F3N3O4. The van der Waals surface area contributed by atoms with E-state index in [0.29, 0.717) is 5.56 Å². The molecule has 168 valence electrons. The number of nitrogens with one attached hydrogen (secondary N) is 1. The van der Waals surface area contributed by atoms with Crippen LogP contribution in [0.5, 0.6) is 5.75 Å². The number of carbonyl (C=O) groups excluding carboxylic acids is 1. The fraction of sp³-hybridized carbons (Fsp3) is 0.227. The third-order valence-corrected chi connectivity index (χ3v) is 4.67. The molecule has 3 rings (SSSR count). The van der Waals surface area contributed by atoms with Crippen LogP contribution >= 0.6 is 0 Å². The highest BCUT2D eigenvalue weighted by molar-refractivity contribution is 5.95. The van der Waals surface area contributed by atoms with Gasteiger partial charge in [-0.1, -0.05) is 6.07 Å². The van der Waals surface area contributed by atoms with Crippen LogP contribution in [0.25, 0.3) is 16.9 Å². The van der Waals surface area contributed by atoms with E-state index in [2.05, 4.69) is 15.2 Å². The number of carbonyl (C=O) groups is 1. The van der Waals surface area contributed by atoms with Crippen LogP contribution in [-0.4, -0.2) is 39.6 Å². The van der Waals surface area contributed by atoms with E-state index in [-0.39, 0.29) is 22.7 Å². The van der Waals surface area contributed by atoms with E-state index in [1.807, 2.05) is 0 Å². The summed E-state index contributed by atoms with van der Waals surface area (Å²) in [5.41, 5.74) is -0.444. The van der Waals surface area contributed by atoms with E-state index in [1.165, 1.54) is 55.5 Å². The van der Waals surface area contributed by atoms with Crippen LogP contribution < -0.4 is 15.6 Å². The van der Waals surface area contributed by atoms with Crippen LogP contribution in [0.15, 0.2) is 59.4 Å². The Morgan fingerprint density at radius 1 is 1.12 bits per heavy atom. The first-order chi connectivity index (χ1) is 15.2. The summed E-state index contributed by atoms with van der Waals surface area (Å²) in [6, 6.07) is 11.1. The molecule has 0 aliphatic rings. The van der Waals surface area contributed by atoms with Crippen LogP contribution in [0.3, 0.4) is 0 Å². The Morgan fingerprint density at radius 2 is 1.81 bits per heavy atom. The molecule has 0 unspecified atom stereocenters. The minimum atomic E-state index is -2.99. The lowest BCUT2D eigenvalue weighted by Gasteiger charge is -2.17. The fourth-order valence-corrected chi connectivity index (χ4v) is 2.79. The Hall–Kier alpha value is -3.66. The number of aromatic nitrogens is 2. The van der Waals surface area contributed by atoms with Gasteiger partial charge in [-0.25, -0.2) is 4.39 Å². The number of benzene rings is 2. The number of hydrogen-bond acceptors (Lipinski definition) is 5. The van der Waals surface area contributed by atoms with Gasteiger partial charge in [0, 0.05) is 5.56 Å². The molecule has 0 aliphatic heterocycles. The Labute approximate surface area is 181 Å². The van der Waals surface area contributed by atoms with Gasteiger partial charge in [-0.2, -0.15) is 18.6 Å².